The smallest absolute Gasteiger partial charge is 0.247 e. The van der Waals surface area contributed by atoms with Gasteiger partial charge in [-0.15, -0.1) is 0 Å². The van der Waals surface area contributed by atoms with Gasteiger partial charge in [-0.25, -0.2) is 19.4 Å². The Morgan fingerprint density at radius 1 is 0.759 bits per heavy atom. The van der Waals surface area contributed by atoms with Crippen molar-refractivity contribution in [2.75, 3.05) is 0 Å². The molecule has 1 fully saturated rings. The Kier molecular flexibility index (Phi) is 7.97. The third-order valence-electron chi connectivity index (χ3n) is 5.07. The molecule has 0 spiro atoms. The van der Waals surface area contributed by atoms with Crippen molar-refractivity contribution in [2.45, 2.75) is 101 Å². The summed E-state index contributed by atoms with van der Waals surface area (Å²) in [5, 5.41) is 0. The molecule has 170 valence electrons. The molecule has 0 aromatic carbocycles. The van der Waals surface area contributed by atoms with Gasteiger partial charge in [0.25, 0.3) is 0 Å². The summed E-state index contributed by atoms with van der Waals surface area (Å²) < 4.78 is 0. The molecular weight excluding hydrogens is 372 g/mol. The van der Waals surface area contributed by atoms with Crippen LogP contribution in [0.25, 0.3) is 0 Å². The predicted octanol–water partition coefficient (Wildman–Crippen LogP) is 5.84. The number of hydrogen-bond acceptors (Lipinski definition) is 6. The van der Waals surface area contributed by atoms with E-state index in [4.69, 9.17) is 19.6 Å². The zero-order chi connectivity index (χ0) is 22.8. The van der Waals surface area contributed by atoms with Gasteiger partial charge in [0.05, 0.1) is 5.92 Å². The molecule has 0 aliphatic carbocycles. The third kappa shape index (κ3) is 8.63. The molecule has 1 saturated heterocycles. The van der Waals surface area contributed by atoms with Gasteiger partial charge in [-0.05, 0) is 41.4 Å². The van der Waals surface area contributed by atoms with Gasteiger partial charge in [0.1, 0.15) is 0 Å². The minimum atomic E-state index is -1.48. The molecule has 0 aromatic rings. The SMILES string of the molecule is CC(CC(C)(C)C)C(CC(C)(C)C)C(=O)OOC(=O)C1(C(C)CC(C)(C)C)OO1. The Bertz CT molecular complexity index is 572. The van der Waals surface area contributed by atoms with Crippen molar-refractivity contribution in [3.63, 3.8) is 0 Å². The zero-order valence-electron chi connectivity index (χ0n) is 20.3. The normalized spacial score (nSPS) is 19.8. The van der Waals surface area contributed by atoms with E-state index in [0.29, 0.717) is 12.8 Å². The first-order valence-corrected chi connectivity index (χ1v) is 10.7. The van der Waals surface area contributed by atoms with Gasteiger partial charge >= 0.3 is 17.7 Å². The highest BCUT2D eigenvalue weighted by Crippen LogP contribution is 2.44. The molecule has 1 aliphatic rings. The highest BCUT2D eigenvalue weighted by Gasteiger charge is 2.64. The molecule has 0 saturated carbocycles. The van der Waals surface area contributed by atoms with Gasteiger partial charge in [-0.2, -0.15) is 9.78 Å². The van der Waals surface area contributed by atoms with E-state index in [0.717, 1.165) is 6.42 Å². The molecule has 6 nitrogen and oxygen atoms in total. The minimum absolute atomic E-state index is 0.0150. The van der Waals surface area contributed by atoms with Crippen LogP contribution in [0.15, 0.2) is 0 Å². The van der Waals surface area contributed by atoms with E-state index in [-0.39, 0.29) is 34.0 Å². The van der Waals surface area contributed by atoms with Crippen LogP contribution in [0.4, 0.5) is 0 Å². The molecular formula is C23H42O6. The van der Waals surface area contributed by atoms with E-state index >= 15 is 0 Å². The van der Waals surface area contributed by atoms with Gasteiger partial charge in [0.15, 0.2) is 0 Å². The second kappa shape index (κ2) is 8.93. The molecule has 0 radical (unpaired) electrons. The molecule has 1 aliphatic heterocycles. The molecule has 3 atom stereocenters. The maximum absolute atomic E-state index is 12.8. The van der Waals surface area contributed by atoms with Gasteiger partial charge in [0.2, 0.25) is 0 Å². The van der Waals surface area contributed by atoms with Gasteiger partial charge in [0, 0.05) is 5.92 Å². The summed E-state index contributed by atoms with van der Waals surface area (Å²) in [7, 11) is 0. The fourth-order valence-corrected chi connectivity index (χ4v) is 4.01. The monoisotopic (exact) mass is 414 g/mol. The Morgan fingerprint density at radius 2 is 1.21 bits per heavy atom. The molecule has 1 heterocycles. The molecule has 29 heavy (non-hydrogen) atoms. The second-order valence-corrected chi connectivity index (χ2v) is 12.4. The van der Waals surface area contributed by atoms with Gasteiger partial charge in [-0.1, -0.05) is 76.2 Å². The summed E-state index contributed by atoms with van der Waals surface area (Å²) in [4.78, 5) is 45.2. The first-order valence-electron chi connectivity index (χ1n) is 10.7. The quantitative estimate of drug-likeness (QED) is 0.296. The minimum Gasteiger partial charge on any atom is -0.247 e. The number of hydrogen-bond donors (Lipinski definition) is 0. The number of carbonyl (C=O) groups excluding carboxylic acids is 2. The summed E-state index contributed by atoms with van der Waals surface area (Å²) in [5.74, 6) is -3.35. The van der Waals surface area contributed by atoms with Crippen LogP contribution < -0.4 is 0 Å². The fourth-order valence-electron chi connectivity index (χ4n) is 4.01. The van der Waals surface area contributed by atoms with Crippen molar-refractivity contribution in [3.8, 4) is 0 Å². The lowest BCUT2D eigenvalue weighted by molar-refractivity contribution is -0.269. The van der Waals surface area contributed by atoms with Crippen LogP contribution in [0, 0.1) is 34.0 Å². The van der Waals surface area contributed by atoms with Crippen molar-refractivity contribution >= 4 is 11.9 Å². The lowest BCUT2D eigenvalue weighted by Gasteiger charge is -2.31. The van der Waals surface area contributed by atoms with Crippen LogP contribution >= 0.6 is 0 Å². The van der Waals surface area contributed by atoms with Crippen molar-refractivity contribution in [1.82, 2.24) is 0 Å². The van der Waals surface area contributed by atoms with E-state index in [1.165, 1.54) is 0 Å². The topological polar surface area (TPSA) is 77.7 Å². The summed E-state index contributed by atoms with van der Waals surface area (Å²) in [6.45, 7) is 22.8. The second-order valence-electron chi connectivity index (χ2n) is 12.4. The molecule has 3 unspecified atom stereocenters. The van der Waals surface area contributed by atoms with Crippen LogP contribution in [0.2, 0.25) is 0 Å². The van der Waals surface area contributed by atoms with Gasteiger partial charge < -0.3 is 0 Å². The predicted molar refractivity (Wildman–Crippen MR) is 111 cm³/mol. The Hall–Kier alpha value is -1.14. The lowest BCUT2D eigenvalue weighted by Crippen LogP contribution is -2.37. The molecule has 0 bridgehead atoms. The average Bonchev–Trinajstić information content (AvgIpc) is 3.27. The number of carbonyl (C=O) groups is 2. The summed E-state index contributed by atoms with van der Waals surface area (Å²) in [6.07, 6.45) is 2.18. The highest BCUT2D eigenvalue weighted by molar-refractivity contribution is 5.80. The third-order valence-corrected chi connectivity index (χ3v) is 5.07. The van der Waals surface area contributed by atoms with Gasteiger partial charge in [-0.3, -0.25) is 0 Å². The number of rotatable bonds is 7. The maximum atomic E-state index is 12.8. The van der Waals surface area contributed by atoms with E-state index < -0.39 is 17.7 Å². The van der Waals surface area contributed by atoms with E-state index in [2.05, 4.69) is 62.3 Å². The summed E-state index contributed by atoms with van der Waals surface area (Å²) in [6, 6.07) is 0. The van der Waals surface area contributed by atoms with Crippen LogP contribution in [-0.4, -0.2) is 17.7 Å². The molecule has 1 rings (SSSR count). The van der Waals surface area contributed by atoms with Crippen molar-refractivity contribution in [3.05, 3.63) is 0 Å². The van der Waals surface area contributed by atoms with E-state index in [1.54, 1.807) is 0 Å². The first-order chi connectivity index (χ1) is 12.9. The average molecular weight is 415 g/mol. The first kappa shape index (κ1) is 25.9. The summed E-state index contributed by atoms with van der Waals surface area (Å²) in [5.41, 5.74) is -0.00147. The lowest BCUT2D eigenvalue weighted by atomic mass is 9.74. The molecule has 0 aromatic heterocycles. The van der Waals surface area contributed by atoms with Crippen molar-refractivity contribution < 1.29 is 29.1 Å². The van der Waals surface area contributed by atoms with Crippen LogP contribution in [0.3, 0.4) is 0 Å². The van der Waals surface area contributed by atoms with Crippen LogP contribution in [-0.2, 0) is 29.1 Å². The van der Waals surface area contributed by atoms with Crippen LogP contribution in [0.5, 0.6) is 0 Å². The Labute approximate surface area is 176 Å². The zero-order valence-corrected chi connectivity index (χ0v) is 20.3. The highest BCUT2D eigenvalue weighted by atomic mass is 17.4. The largest absolute Gasteiger partial charge is 0.420 e. The van der Waals surface area contributed by atoms with Crippen LogP contribution in [0.1, 0.15) is 95.4 Å². The van der Waals surface area contributed by atoms with E-state index in [1.807, 2.05) is 13.8 Å². The molecule has 0 amide bonds. The Balaban J connectivity index is 2.78. The van der Waals surface area contributed by atoms with E-state index in [9.17, 15) is 9.59 Å². The van der Waals surface area contributed by atoms with Crippen molar-refractivity contribution in [2.24, 2.45) is 34.0 Å². The molecule has 6 heteroatoms. The Morgan fingerprint density at radius 3 is 1.59 bits per heavy atom. The maximum Gasteiger partial charge on any atom is 0.420 e. The molecule has 0 N–H and O–H groups in total. The summed E-state index contributed by atoms with van der Waals surface area (Å²) >= 11 is 0. The fraction of sp³-hybridized carbons (Fsp3) is 0.913. The standard InChI is InChI=1S/C23H42O6/c1-15(12-20(3,4)5)17(14-22(9,10)11)18(24)26-27-19(25)23(28-29-23)16(2)13-21(6,7)8/h15-17H,12-14H2,1-11H3. The van der Waals surface area contributed by atoms with Crippen molar-refractivity contribution in [1.29, 1.82) is 0 Å².